The molecule has 1 aliphatic rings. The third kappa shape index (κ3) is 1.86. The normalized spacial score (nSPS) is 12.4. The standard InChI is InChI=1S/C17H13ClN6/c1-23-8-11(7-21-23)17-15-4-10-6-20-22-16(10)13-5-12(18)2-3-14(13)24(15)9-19-17/h2-3,5-9H,4H2,1H3,(H,20,22). The molecule has 0 radical (unpaired) electrons. The lowest BCUT2D eigenvalue weighted by molar-refractivity contribution is 0.768. The molecule has 0 aliphatic carbocycles. The van der Waals surface area contributed by atoms with E-state index in [1.165, 1.54) is 0 Å². The molecule has 1 aromatic carbocycles. The van der Waals surface area contributed by atoms with E-state index < -0.39 is 0 Å². The van der Waals surface area contributed by atoms with E-state index in [-0.39, 0.29) is 0 Å². The van der Waals surface area contributed by atoms with Gasteiger partial charge in [-0.15, -0.1) is 0 Å². The number of nitrogens with one attached hydrogen (secondary N) is 1. The average Bonchev–Trinajstić information content (AvgIpc) is 3.27. The van der Waals surface area contributed by atoms with Crippen LogP contribution in [0.4, 0.5) is 0 Å². The zero-order valence-electron chi connectivity index (χ0n) is 12.9. The van der Waals surface area contributed by atoms with Gasteiger partial charge >= 0.3 is 0 Å². The Bertz CT molecular complexity index is 1070. The van der Waals surface area contributed by atoms with Gasteiger partial charge in [0.1, 0.15) is 6.33 Å². The van der Waals surface area contributed by atoms with Gasteiger partial charge in [0.25, 0.3) is 0 Å². The van der Waals surface area contributed by atoms with Crippen LogP contribution >= 0.6 is 11.6 Å². The van der Waals surface area contributed by atoms with Crippen LogP contribution in [-0.4, -0.2) is 29.5 Å². The first-order valence-electron chi connectivity index (χ1n) is 7.58. The third-order valence-corrected chi connectivity index (χ3v) is 4.64. The number of H-pyrrole nitrogens is 1. The second kappa shape index (κ2) is 4.82. The van der Waals surface area contributed by atoms with Crippen molar-refractivity contribution in [1.82, 2.24) is 29.5 Å². The molecule has 0 fully saturated rings. The van der Waals surface area contributed by atoms with Gasteiger partial charge < -0.3 is 4.57 Å². The molecule has 118 valence electrons. The summed E-state index contributed by atoms with van der Waals surface area (Å²) >= 11 is 6.22. The lowest BCUT2D eigenvalue weighted by atomic mass is 10.0. The van der Waals surface area contributed by atoms with Crippen LogP contribution in [0.25, 0.3) is 28.2 Å². The molecule has 7 heteroatoms. The number of benzene rings is 1. The number of fused-ring (bicyclic) bond motifs is 5. The van der Waals surface area contributed by atoms with Crippen LogP contribution in [0.5, 0.6) is 0 Å². The highest BCUT2D eigenvalue weighted by Gasteiger charge is 2.24. The van der Waals surface area contributed by atoms with Crippen molar-refractivity contribution in [3.8, 4) is 28.2 Å². The van der Waals surface area contributed by atoms with Crippen LogP contribution in [0, 0.1) is 0 Å². The molecule has 3 aromatic heterocycles. The highest BCUT2D eigenvalue weighted by molar-refractivity contribution is 6.31. The van der Waals surface area contributed by atoms with Crippen molar-refractivity contribution < 1.29 is 0 Å². The first-order chi connectivity index (χ1) is 11.7. The van der Waals surface area contributed by atoms with Crippen molar-refractivity contribution in [3.63, 3.8) is 0 Å². The van der Waals surface area contributed by atoms with Gasteiger partial charge in [-0.2, -0.15) is 10.2 Å². The molecule has 0 saturated heterocycles. The van der Waals surface area contributed by atoms with Gasteiger partial charge in [-0.25, -0.2) is 4.98 Å². The lowest BCUT2D eigenvalue weighted by Gasteiger charge is -2.09. The molecule has 24 heavy (non-hydrogen) atoms. The Morgan fingerprint density at radius 3 is 3.00 bits per heavy atom. The van der Waals surface area contributed by atoms with Gasteiger partial charge in [0, 0.05) is 41.4 Å². The van der Waals surface area contributed by atoms with Crippen molar-refractivity contribution in [2.75, 3.05) is 0 Å². The molecule has 0 bridgehead atoms. The largest absolute Gasteiger partial charge is 0.302 e. The summed E-state index contributed by atoms with van der Waals surface area (Å²) in [6.07, 6.45) is 8.29. The maximum absolute atomic E-state index is 6.22. The van der Waals surface area contributed by atoms with Crippen molar-refractivity contribution in [1.29, 1.82) is 0 Å². The van der Waals surface area contributed by atoms with Crippen molar-refractivity contribution in [2.45, 2.75) is 6.42 Å². The Balaban J connectivity index is 1.81. The molecule has 6 nitrogen and oxygen atoms in total. The zero-order chi connectivity index (χ0) is 16.3. The Kier molecular flexibility index (Phi) is 2.72. The van der Waals surface area contributed by atoms with Crippen LogP contribution in [0.2, 0.25) is 5.02 Å². The lowest BCUT2D eigenvalue weighted by Crippen LogP contribution is -1.99. The second-order valence-electron chi connectivity index (χ2n) is 5.92. The number of hydrogen-bond acceptors (Lipinski definition) is 3. The summed E-state index contributed by atoms with van der Waals surface area (Å²) < 4.78 is 3.91. The topological polar surface area (TPSA) is 64.3 Å². The number of hydrogen-bond donors (Lipinski definition) is 1. The average molecular weight is 337 g/mol. The predicted octanol–water partition coefficient (Wildman–Crippen LogP) is 3.22. The fraction of sp³-hybridized carbons (Fsp3) is 0.118. The molecular formula is C17H13ClN6. The smallest absolute Gasteiger partial charge is 0.100 e. The quantitative estimate of drug-likeness (QED) is 0.511. The van der Waals surface area contributed by atoms with Gasteiger partial charge in [0.15, 0.2) is 0 Å². The Hall–Kier alpha value is -2.86. The Labute approximate surface area is 142 Å². The molecule has 0 atom stereocenters. The highest BCUT2D eigenvalue weighted by atomic mass is 35.5. The zero-order valence-corrected chi connectivity index (χ0v) is 13.6. The molecule has 4 aromatic rings. The first kappa shape index (κ1) is 13.6. The third-order valence-electron chi connectivity index (χ3n) is 4.41. The fourth-order valence-electron chi connectivity index (χ4n) is 3.31. The minimum Gasteiger partial charge on any atom is -0.302 e. The molecule has 1 aliphatic heterocycles. The Morgan fingerprint density at radius 1 is 1.25 bits per heavy atom. The minimum absolute atomic E-state index is 0.699. The van der Waals surface area contributed by atoms with E-state index in [4.69, 9.17) is 11.6 Å². The first-order valence-corrected chi connectivity index (χ1v) is 7.96. The maximum Gasteiger partial charge on any atom is 0.100 e. The molecule has 0 spiro atoms. The van der Waals surface area contributed by atoms with E-state index in [2.05, 4.69) is 24.8 Å². The monoisotopic (exact) mass is 336 g/mol. The predicted molar refractivity (Wildman–Crippen MR) is 91.2 cm³/mol. The fourth-order valence-corrected chi connectivity index (χ4v) is 3.48. The van der Waals surface area contributed by atoms with Crippen LogP contribution in [0.1, 0.15) is 11.3 Å². The number of aromatic nitrogens is 6. The number of nitrogens with zero attached hydrogens (tertiary/aromatic N) is 5. The Morgan fingerprint density at radius 2 is 2.17 bits per heavy atom. The number of aryl methyl sites for hydroxylation is 1. The summed E-state index contributed by atoms with van der Waals surface area (Å²) in [6, 6.07) is 5.88. The summed E-state index contributed by atoms with van der Waals surface area (Å²) in [6.45, 7) is 0. The van der Waals surface area contributed by atoms with E-state index in [1.54, 1.807) is 4.68 Å². The van der Waals surface area contributed by atoms with Gasteiger partial charge in [-0.1, -0.05) is 11.6 Å². The molecular weight excluding hydrogens is 324 g/mol. The summed E-state index contributed by atoms with van der Waals surface area (Å²) in [7, 11) is 1.91. The number of aromatic amines is 1. The van der Waals surface area contributed by atoms with Gasteiger partial charge in [0.05, 0.1) is 35.2 Å². The van der Waals surface area contributed by atoms with Crippen molar-refractivity contribution >= 4 is 11.6 Å². The minimum atomic E-state index is 0.699. The number of rotatable bonds is 1. The van der Waals surface area contributed by atoms with E-state index >= 15 is 0 Å². The highest BCUT2D eigenvalue weighted by Crippen LogP contribution is 2.37. The molecule has 0 amide bonds. The van der Waals surface area contributed by atoms with E-state index in [0.29, 0.717) is 5.02 Å². The van der Waals surface area contributed by atoms with E-state index in [0.717, 1.165) is 45.9 Å². The summed E-state index contributed by atoms with van der Waals surface area (Å²) in [5, 5.41) is 12.3. The molecule has 0 saturated carbocycles. The molecule has 1 N–H and O–H groups in total. The summed E-state index contributed by atoms with van der Waals surface area (Å²) in [5.41, 5.74) is 7.28. The summed E-state index contributed by atoms with van der Waals surface area (Å²) in [5.74, 6) is 0. The molecule has 4 heterocycles. The number of imidazole rings is 1. The maximum atomic E-state index is 6.22. The molecule has 0 unspecified atom stereocenters. The van der Waals surface area contributed by atoms with Crippen LogP contribution in [-0.2, 0) is 13.5 Å². The van der Waals surface area contributed by atoms with Crippen LogP contribution in [0.15, 0.2) is 43.1 Å². The second-order valence-corrected chi connectivity index (χ2v) is 6.36. The van der Waals surface area contributed by atoms with Crippen LogP contribution in [0.3, 0.4) is 0 Å². The van der Waals surface area contributed by atoms with Gasteiger partial charge in [0.2, 0.25) is 0 Å². The SMILES string of the molecule is Cn1cc(-c2ncn3c2Cc2cn[nH]c2-c2cc(Cl)ccc2-3)cn1. The van der Waals surface area contributed by atoms with Gasteiger partial charge in [-0.3, -0.25) is 9.78 Å². The van der Waals surface area contributed by atoms with Crippen molar-refractivity contribution in [2.24, 2.45) is 7.05 Å². The van der Waals surface area contributed by atoms with E-state index in [1.807, 2.05) is 50.2 Å². The molecule has 5 rings (SSSR count). The van der Waals surface area contributed by atoms with Crippen molar-refractivity contribution in [3.05, 3.63) is 59.4 Å². The van der Waals surface area contributed by atoms with Crippen LogP contribution < -0.4 is 0 Å². The van der Waals surface area contributed by atoms with E-state index in [9.17, 15) is 0 Å². The van der Waals surface area contributed by atoms with Gasteiger partial charge in [-0.05, 0) is 18.2 Å². The summed E-state index contributed by atoms with van der Waals surface area (Å²) in [4.78, 5) is 4.65. The number of halogens is 1.